The van der Waals surface area contributed by atoms with Gasteiger partial charge in [0, 0.05) is 32.3 Å². The summed E-state index contributed by atoms with van der Waals surface area (Å²) >= 11 is 0. The largest absolute Gasteiger partial charge is 0.381 e. The molecule has 2 unspecified atom stereocenters. The van der Waals surface area contributed by atoms with Gasteiger partial charge in [0.05, 0.1) is 6.10 Å². The molecule has 0 amide bonds. The molecule has 0 spiro atoms. The van der Waals surface area contributed by atoms with E-state index in [4.69, 9.17) is 10.5 Å². The Morgan fingerprint density at radius 3 is 2.53 bits per heavy atom. The Kier molecular flexibility index (Phi) is 4.97. The third kappa shape index (κ3) is 3.56. The topological polar surface area (TPSA) is 38.5 Å². The molecular formula is C16H26N2O. The van der Waals surface area contributed by atoms with Crippen molar-refractivity contribution in [3.8, 4) is 0 Å². The van der Waals surface area contributed by atoms with Crippen molar-refractivity contribution < 1.29 is 4.74 Å². The second kappa shape index (κ2) is 6.51. The van der Waals surface area contributed by atoms with E-state index in [2.05, 4.69) is 43.0 Å². The molecule has 1 fully saturated rings. The number of piperidine rings is 1. The summed E-state index contributed by atoms with van der Waals surface area (Å²) in [5.41, 5.74) is 8.88. The highest BCUT2D eigenvalue weighted by molar-refractivity contribution is 5.26. The minimum absolute atomic E-state index is 0.140. The lowest BCUT2D eigenvalue weighted by Crippen LogP contribution is -2.45. The predicted molar refractivity (Wildman–Crippen MR) is 79.2 cm³/mol. The molecule has 2 atom stereocenters. The summed E-state index contributed by atoms with van der Waals surface area (Å²) in [5, 5.41) is 0. The Hall–Kier alpha value is -0.900. The first-order valence-corrected chi connectivity index (χ1v) is 7.21. The van der Waals surface area contributed by atoms with Gasteiger partial charge >= 0.3 is 0 Å². The van der Waals surface area contributed by atoms with Gasteiger partial charge in [-0.3, -0.25) is 4.90 Å². The molecule has 3 heteroatoms. The summed E-state index contributed by atoms with van der Waals surface area (Å²) in [6.45, 7) is 6.38. The van der Waals surface area contributed by atoms with Gasteiger partial charge in [0.1, 0.15) is 0 Å². The zero-order valence-corrected chi connectivity index (χ0v) is 12.3. The van der Waals surface area contributed by atoms with Gasteiger partial charge in [-0.25, -0.2) is 0 Å². The Balaban J connectivity index is 2.13. The fourth-order valence-corrected chi connectivity index (χ4v) is 3.09. The molecule has 0 aliphatic carbocycles. The fraction of sp³-hybridized carbons (Fsp3) is 0.625. The number of nitrogens with two attached hydrogens (primary N) is 1. The van der Waals surface area contributed by atoms with Gasteiger partial charge < -0.3 is 10.5 Å². The zero-order chi connectivity index (χ0) is 13.8. The molecule has 1 saturated heterocycles. The Bertz CT molecular complexity index is 397. The van der Waals surface area contributed by atoms with Crippen molar-refractivity contribution in [1.29, 1.82) is 0 Å². The third-order valence-electron chi connectivity index (χ3n) is 4.08. The molecule has 1 aliphatic rings. The smallest absolute Gasteiger partial charge is 0.0595 e. The molecule has 0 saturated carbocycles. The molecular weight excluding hydrogens is 236 g/mol. The number of hydrogen-bond donors (Lipinski definition) is 1. The van der Waals surface area contributed by atoms with Crippen molar-refractivity contribution >= 4 is 0 Å². The lowest BCUT2D eigenvalue weighted by Gasteiger charge is -2.39. The average Bonchev–Trinajstić information content (AvgIpc) is 2.39. The summed E-state index contributed by atoms with van der Waals surface area (Å²) in [5.74, 6) is 0. The molecule has 2 rings (SSSR count). The second-order valence-corrected chi connectivity index (χ2v) is 5.69. The number of aryl methyl sites for hydroxylation is 1. The van der Waals surface area contributed by atoms with Crippen LogP contribution in [0.1, 0.15) is 36.9 Å². The molecule has 19 heavy (non-hydrogen) atoms. The first kappa shape index (κ1) is 14.5. The summed E-state index contributed by atoms with van der Waals surface area (Å²) in [6.07, 6.45) is 2.62. The van der Waals surface area contributed by atoms with Crippen LogP contribution in [0.2, 0.25) is 0 Å². The van der Waals surface area contributed by atoms with Gasteiger partial charge in [0.25, 0.3) is 0 Å². The highest BCUT2D eigenvalue weighted by Gasteiger charge is 2.28. The quantitative estimate of drug-likeness (QED) is 0.906. The van der Waals surface area contributed by atoms with Crippen molar-refractivity contribution in [3.05, 3.63) is 35.4 Å². The van der Waals surface area contributed by atoms with Crippen LogP contribution in [0.5, 0.6) is 0 Å². The predicted octanol–water partition coefficient (Wildman–Crippen LogP) is 2.49. The molecule has 0 bridgehead atoms. The first-order chi connectivity index (χ1) is 9.11. The standard InChI is InChI=1S/C16H26N2O/c1-12-5-4-6-14(11-12)16(13(2)17)18-9-7-15(19-3)8-10-18/h4-6,11,13,15-16H,7-10,17H2,1-3H3. The first-order valence-electron chi connectivity index (χ1n) is 7.21. The highest BCUT2D eigenvalue weighted by atomic mass is 16.5. The molecule has 2 N–H and O–H groups in total. The average molecular weight is 262 g/mol. The maximum absolute atomic E-state index is 6.24. The number of ether oxygens (including phenoxy) is 1. The number of rotatable bonds is 4. The van der Waals surface area contributed by atoms with E-state index in [1.165, 1.54) is 11.1 Å². The van der Waals surface area contributed by atoms with E-state index in [-0.39, 0.29) is 6.04 Å². The lowest BCUT2D eigenvalue weighted by molar-refractivity contribution is 0.0234. The van der Waals surface area contributed by atoms with E-state index in [0.29, 0.717) is 12.1 Å². The molecule has 1 aromatic rings. The van der Waals surface area contributed by atoms with Gasteiger partial charge in [0.2, 0.25) is 0 Å². The normalized spacial score (nSPS) is 21.3. The molecule has 0 aromatic heterocycles. The molecule has 0 radical (unpaired) electrons. The van der Waals surface area contributed by atoms with Gasteiger partial charge in [-0.2, -0.15) is 0 Å². The van der Waals surface area contributed by atoms with Crippen LogP contribution in [0, 0.1) is 6.92 Å². The van der Waals surface area contributed by atoms with Crippen molar-refractivity contribution in [2.45, 2.75) is 44.9 Å². The molecule has 1 aliphatic heterocycles. The van der Waals surface area contributed by atoms with Crippen LogP contribution < -0.4 is 5.73 Å². The third-order valence-corrected chi connectivity index (χ3v) is 4.08. The van der Waals surface area contributed by atoms with E-state index in [1.807, 2.05) is 7.11 Å². The molecule has 1 aromatic carbocycles. The number of likely N-dealkylation sites (tertiary alicyclic amines) is 1. The molecule has 3 nitrogen and oxygen atoms in total. The number of nitrogens with zero attached hydrogens (tertiary/aromatic N) is 1. The van der Waals surface area contributed by atoms with Gasteiger partial charge in [-0.15, -0.1) is 0 Å². The van der Waals surface area contributed by atoms with Gasteiger partial charge in [-0.05, 0) is 32.3 Å². The highest BCUT2D eigenvalue weighted by Crippen LogP contribution is 2.28. The van der Waals surface area contributed by atoms with Crippen LogP contribution in [-0.4, -0.2) is 37.2 Å². The Labute approximate surface area is 116 Å². The SMILES string of the molecule is COC1CCN(C(c2cccc(C)c2)C(C)N)CC1. The van der Waals surface area contributed by atoms with Crippen LogP contribution in [0.3, 0.4) is 0 Å². The van der Waals surface area contributed by atoms with Crippen molar-refractivity contribution in [2.24, 2.45) is 5.73 Å². The lowest BCUT2D eigenvalue weighted by atomic mass is 9.95. The summed E-state index contributed by atoms with van der Waals surface area (Å²) < 4.78 is 5.45. The fourth-order valence-electron chi connectivity index (χ4n) is 3.09. The van der Waals surface area contributed by atoms with E-state index >= 15 is 0 Å². The van der Waals surface area contributed by atoms with Crippen LogP contribution in [0.15, 0.2) is 24.3 Å². The van der Waals surface area contributed by atoms with E-state index in [9.17, 15) is 0 Å². The zero-order valence-electron chi connectivity index (χ0n) is 12.3. The van der Waals surface area contributed by atoms with Crippen LogP contribution in [0.25, 0.3) is 0 Å². The van der Waals surface area contributed by atoms with Crippen molar-refractivity contribution in [2.75, 3.05) is 20.2 Å². The number of methoxy groups -OCH3 is 1. The van der Waals surface area contributed by atoms with E-state index < -0.39 is 0 Å². The van der Waals surface area contributed by atoms with Crippen molar-refractivity contribution in [3.63, 3.8) is 0 Å². The van der Waals surface area contributed by atoms with Crippen molar-refractivity contribution in [1.82, 2.24) is 4.90 Å². The summed E-state index contributed by atoms with van der Waals surface area (Å²) in [4.78, 5) is 2.51. The number of benzene rings is 1. The maximum Gasteiger partial charge on any atom is 0.0595 e. The summed E-state index contributed by atoms with van der Waals surface area (Å²) in [7, 11) is 1.81. The van der Waals surface area contributed by atoms with Crippen LogP contribution in [0.4, 0.5) is 0 Å². The van der Waals surface area contributed by atoms with Gasteiger partial charge in [0.15, 0.2) is 0 Å². The number of hydrogen-bond acceptors (Lipinski definition) is 3. The molecule has 1 heterocycles. The summed E-state index contributed by atoms with van der Waals surface area (Å²) in [6, 6.07) is 9.18. The minimum atomic E-state index is 0.140. The minimum Gasteiger partial charge on any atom is -0.381 e. The van der Waals surface area contributed by atoms with Gasteiger partial charge in [-0.1, -0.05) is 29.8 Å². The maximum atomic E-state index is 6.24. The van der Waals surface area contributed by atoms with E-state index in [1.54, 1.807) is 0 Å². The van der Waals surface area contributed by atoms with Crippen LogP contribution in [-0.2, 0) is 4.74 Å². The Morgan fingerprint density at radius 1 is 1.32 bits per heavy atom. The Morgan fingerprint density at radius 2 is 2.00 bits per heavy atom. The monoisotopic (exact) mass is 262 g/mol. The van der Waals surface area contributed by atoms with E-state index in [0.717, 1.165) is 25.9 Å². The second-order valence-electron chi connectivity index (χ2n) is 5.69. The molecule has 106 valence electrons. The van der Waals surface area contributed by atoms with Crippen LogP contribution >= 0.6 is 0 Å².